The van der Waals surface area contributed by atoms with Crippen LogP contribution in [0.1, 0.15) is 40.4 Å². The molecule has 3 nitrogen and oxygen atoms in total. The summed E-state index contributed by atoms with van der Waals surface area (Å²) in [5, 5.41) is 0. The molecule has 5 heteroatoms. The average molecular weight is 344 g/mol. The van der Waals surface area contributed by atoms with Gasteiger partial charge in [0, 0.05) is 35.1 Å². The van der Waals surface area contributed by atoms with Crippen LogP contribution in [-0.4, -0.2) is 33.6 Å². The summed E-state index contributed by atoms with van der Waals surface area (Å²) in [6.45, 7) is 13.1. The second kappa shape index (κ2) is 5.24. The lowest BCUT2D eigenvalue weighted by Crippen LogP contribution is -2.43. The number of nitrogens with zero attached hydrogens (tertiary/aromatic N) is 3. The van der Waals surface area contributed by atoms with E-state index in [1.165, 1.54) is 0 Å². The fourth-order valence-electron chi connectivity index (χ4n) is 2.12. The first-order valence-corrected chi connectivity index (χ1v) is 8.39. The van der Waals surface area contributed by atoms with Crippen LogP contribution in [0.25, 0.3) is 0 Å². The van der Waals surface area contributed by atoms with Gasteiger partial charge < -0.3 is 4.90 Å². The summed E-state index contributed by atoms with van der Waals surface area (Å²) >= 11 is 5.55. The predicted molar refractivity (Wildman–Crippen MR) is 87.2 cm³/mol. The molecule has 0 aliphatic carbocycles. The summed E-state index contributed by atoms with van der Waals surface area (Å²) in [6, 6.07) is 2.03. The Morgan fingerprint density at radius 2 is 2.00 bits per heavy atom. The number of rotatable bonds is 1. The lowest BCUT2D eigenvalue weighted by molar-refractivity contribution is 0.540. The standard InChI is InChI=1S/C14H22BrN3S/c1-13(2,3)12-16-10(15)8-11(17-12)18-6-7-19-14(4,5)9-18/h8H,6-7,9H2,1-5H3. The largest absolute Gasteiger partial charge is 0.354 e. The van der Waals surface area contributed by atoms with E-state index in [1.54, 1.807) is 0 Å². The Balaban J connectivity index is 2.32. The van der Waals surface area contributed by atoms with Crippen molar-refractivity contribution >= 4 is 33.5 Å². The topological polar surface area (TPSA) is 29.0 Å². The maximum Gasteiger partial charge on any atom is 0.137 e. The fraction of sp³-hybridized carbons (Fsp3) is 0.714. The fourth-order valence-corrected chi connectivity index (χ4v) is 3.60. The SMILES string of the molecule is CC1(C)CN(c2cc(Br)nc(C(C)(C)C)n2)CCS1. The maximum atomic E-state index is 4.77. The van der Waals surface area contributed by atoms with Gasteiger partial charge in [0.1, 0.15) is 16.2 Å². The molecule has 1 aromatic heterocycles. The lowest BCUT2D eigenvalue weighted by atomic mass is 9.96. The molecule has 0 aromatic carbocycles. The quantitative estimate of drug-likeness (QED) is 0.724. The van der Waals surface area contributed by atoms with E-state index >= 15 is 0 Å². The van der Waals surface area contributed by atoms with Gasteiger partial charge in [0.05, 0.1) is 0 Å². The zero-order chi connectivity index (χ0) is 14.3. The van der Waals surface area contributed by atoms with E-state index < -0.39 is 0 Å². The minimum atomic E-state index is -0.0292. The van der Waals surface area contributed by atoms with Gasteiger partial charge in [-0.05, 0) is 29.8 Å². The molecular formula is C14H22BrN3S. The summed E-state index contributed by atoms with van der Waals surface area (Å²) < 4.78 is 1.16. The van der Waals surface area contributed by atoms with Gasteiger partial charge in [-0.3, -0.25) is 0 Å². The molecule has 0 spiro atoms. The van der Waals surface area contributed by atoms with E-state index in [0.717, 1.165) is 35.1 Å². The third-order valence-electron chi connectivity index (χ3n) is 3.10. The normalized spacial score (nSPS) is 19.6. The van der Waals surface area contributed by atoms with Crippen LogP contribution in [0.15, 0.2) is 10.7 Å². The Morgan fingerprint density at radius 3 is 2.58 bits per heavy atom. The third kappa shape index (κ3) is 3.85. The van der Waals surface area contributed by atoms with Crippen molar-refractivity contribution in [3.05, 3.63) is 16.5 Å². The molecule has 0 bridgehead atoms. The summed E-state index contributed by atoms with van der Waals surface area (Å²) in [5.41, 5.74) is -0.0292. The van der Waals surface area contributed by atoms with Gasteiger partial charge in [0.15, 0.2) is 0 Å². The molecule has 19 heavy (non-hydrogen) atoms. The Labute approximate surface area is 128 Å². The van der Waals surface area contributed by atoms with E-state index in [9.17, 15) is 0 Å². The minimum absolute atomic E-state index is 0.0292. The molecule has 0 unspecified atom stereocenters. The van der Waals surface area contributed by atoms with Crippen molar-refractivity contribution < 1.29 is 0 Å². The van der Waals surface area contributed by atoms with Crippen LogP contribution in [-0.2, 0) is 5.41 Å². The molecule has 2 heterocycles. The van der Waals surface area contributed by atoms with Crippen molar-refractivity contribution in [1.82, 2.24) is 9.97 Å². The second-order valence-electron chi connectivity index (χ2n) is 6.65. The number of aromatic nitrogens is 2. The monoisotopic (exact) mass is 343 g/mol. The third-order valence-corrected chi connectivity index (χ3v) is 4.81. The average Bonchev–Trinajstić information content (AvgIpc) is 2.25. The molecule has 106 valence electrons. The molecule has 1 aliphatic rings. The van der Waals surface area contributed by atoms with Gasteiger partial charge in [0.25, 0.3) is 0 Å². The Hall–Kier alpha value is -0.290. The molecule has 1 aliphatic heterocycles. The molecule has 0 radical (unpaired) electrons. The van der Waals surface area contributed by atoms with E-state index in [1.807, 2.05) is 17.8 Å². The first-order chi connectivity index (χ1) is 8.67. The summed E-state index contributed by atoms with van der Waals surface area (Å²) in [7, 11) is 0. The highest BCUT2D eigenvalue weighted by molar-refractivity contribution is 9.10. The van der Waals surface area contributed by atoms with Crippen molar-refractivity contribution in [3.8, 4) is 0 Å². The van der Waals surface area contributed by atoms with Crippen LogP contribution in [0.4, 0.5) is 5.82 Å². The zero-order valence-electron chi connectivity index (χ0n) is 12.3. The van der Waals surface area contributed by atoms with E-state index in [4.69, 9.17) is 4.98 Å². The van der Waals surface area contributed by atoms with Crippen LogP contribution >= 0.6 is 27.7 Å². The molecular weight excluding hydrogens is 322 g/mol. The van der Waals surface area contributed by atoms with Gasteiger partial charge in [0.2, 0.25) is 0 Å². The van der Waals surface area contributed by atoms with Gasteiger partial charge in [-0.1, -0.05) is 20.8 Å². The Kier molecular flexibility index (Phi) is 4.17. The molecule has 1 saturated heterocycles. The molecule has 0 N–H and O–H groups in total. The highest BCUT2D eigenvalue weighted by Gasteiger charge is 2.29. The number of anilines is 1. The summed E-state index contributed by atoms with van der Waals surface area (Å²) in [5.74, 6) is 3.09. The first-order valence-electron chi connectivity index (χ1n) is 6.61. The van der Waals surface area contributed by atoms with Crippen LogP contribution in [0.3, 0.4) is 0 Å². The Morgan fingerprint density at radius 1 is 1.32 bits per heavy atom. The highest BCUT2D eigenvalue weighted by Crippen LogP contribution is 2.32. The maximum absolute atomic E-state index is 4.77. The van der Waals surface area contributed by atoms with Crippen LogP contribution in [0.2, 0.25) is 0 Å². The predicted octanol–water partition coefficient (Wildman–Crippen LogP) is 3.87. The van der Waals surface area contributed by atoms with Crippen molar-refractivity contribution in [2.45, 2.75) is 44.8 Å². The van der Waals surface area contributed by atoms with Crippen molar-refractivity contribution in [2.24, 2.45) is 0 Å². The van der Waals surface area contributed by atoms with E-state index in [-0.39, 0.29) is 10.2 Å². The summed E-state index contributed by atoms with van der Waals surface area (Å²) in [6.07, 6.45) is 0. The zero-order valence-corrected chi connectivity index (χ0v) is 14.7. The molecule has 2 rings (SSSR count). The van der Waals surface area contributed by atoms with Gasteiger partial charge in [-0.25, -0.2) is 9.97 Å². The van der Waals surface area contributed by atoms with Gasteiger partial charge in [-0.15, -0.1) is 0 Å². The van der Waals surface area contributed by atoms with Gasteiger partial charge in [-0.2, -0.15) is 11.8 Å². The Bertz CT molecular complexity index is 468. The van der Waals surface area contributed by atoms with Crippen molar-refractivity contribution in [1.29, 1.82) is 0 Å². The number of thioether (sulfide) groups is 1. The smallest absolute Gasteiger partial charge is 0.137 e. The van der Waals surface area contributed by atoms with Crippen LogP contribution < -0.4 is 4.90 Å². The molecule has 1 aromatic rings. The van der Waals surface area contributed by atoms with E-state index in [0.29, 0.717) is 0 Å². The molecule has 0 saturated carbocycles. The lowest BCUT2D eigenvalue weighted by Gasteiger charge is -2.38. The summed E-state index contributed by atoms with van der Waals surface area (Å²) in [4.78, 5) is 11.7. The van der Waals surface area contributed by atoms with Crippen LogP contribution in [0.5, 0.6) is 0 Å². The van der Waals surface area contributed by atoms with Crippen molar-refractivity contribution in [3.63, 3.8) is 0 Å². The van der Waals surface area contributed by atoms with E-state index in [2.05, 4.69) is 60.4 Å². The number of halogens is 1. The highest BCUT2D eigenvalue weighted by atomic mass is 79.9. The molecule has 0 amide bonds. The second-order valence-corrected chi connectivity index (χ2v) is 9.27. The minimum Gasteiger partial charge on any atom is -0.354 e. The number of hydrogen-bond acceptors (Lipinski definition) is 4. The molecule has 1 fully saturated rings. The number of hydrogen-bond donors (Lipinski definition) is 0. The van der Waals surface area contributed by atoms with Crippen molar-refractivity contribution in [2.75, 3.05) is 23.7 Å². The first kappa shape index (κ1) is 15.1. The van der Waals surface area contributed by atoms with Crippen LogP contribution in [0, 0.1) is 0 Å². The van der Waals surface area contributed by atoms with Gasteiger partial charge >= 0.3 is 0 Å². The molecule has 0 atom stereocenters.